The lowest BCUT2D eigenvalue weighted by Crippen LogP contribution is -2.22. The first-order valence-corrected chi connectivity index (χ1v) is 7.95. The first-order chi connectivity index (χ1) is 10.6. The Morgan fingerprint density at radius 2 is 1.91 bits per heavy atom. The molecule has 1 amide bonds. The van der Waals surface area contributed by atoms with Gasteiger partial charge in [0, 0.05) is 5.75 Å². The summed E-state index contributed by atoms with van der Waals surface area (Å²) in [6.45, 7) is 1.85. The molecule has 1 N–H and O–H groups in total. The van der Waals surface area contributed by atoms with Crippen molar-refractivity contribution in [1.82, 2.24) is 0 Å². The van der Waals surface area contributed by atoms with E-state index < -0.39 is 0 Å². The van der Waals surface area contributed by atoms with Crippen molar-refractivity contribution >= 4 is 23.4 Å². The average molecular weight is 319 g/mol. The molecule has 0 saturated heterocycles. The Bertz CT molecular complexity index is 631. The fraction of sp³-hybridized carbons (Fsp3) is 0.235. The van der Waals surface area contributed by atoms with Crippen molar-refractivity contribution in [3.05, 3.63) is 59.9 Å². The van der Waals surface area contributed by atoms with Gasteiger partial charge in [-0.2, -0.15) is 0 Å². The molecule has 22 heavy (non-hydrogen) atoms. The first-order valence-electron chi connectivity index (χ1n) is 6.90. The van der Waals surface area contributed by atoms with Crippen LogP contribution in [0.2, 0.25) is 0 Å². The van der Waals surface area contributed by atoms with E-state index >= 15 is 0 Å². The van der Waals surface area contributed by atoms with E-state index in [2.05, 4.69) is 5.32 Å². The van der Waals surface area contributed by atoms with Crippen LogP contribution < -0.4 is 10.1 Å². The molecule has 0 aromatic heterocycles. The molecule has 0 heterocycles. The quantitative estimate of drug-likeness (QED) is 0.871. The maximum absolute atomic E-state index is 12.8. The Morgan fingerprint density at radius 1 is 1.23 bits per heavy atom. The molecule has 0 saturated carbocycles. The number of halogens is 1. The van der Waals surface area contributed by atoms with Gasteiger partial charge in [-0.05, 0) is 36.8 Å². The largest absolute Gasteiger partial charge is 0.495 e. The van der Waals surface area contributed by atoms with E-state index in [1.165, 1.54) is 23.9 Å². The molecule has 2 aromatic carbocycles. The highest BCUT2D eigenvalue weighted by Crippen LogP contribution is 2.25. The summed E-state index contributed by atoms with van der Waals surface area (Å²) in [5.74, 6) is 0.944. The number of hydrogen-bond acceptors (Lipinski definition) is 3. The fourth-order valence-corrected chi connectivity index (χ4v) is 2.71. The van der Waals surface area contributed by atoms with Gasteiger partial charge >= 0.3 is 0 Å². The summed E-state index contributed by atoms with van der Waals surface area (Å²) in [6.07, 6.45) is 0. The Kier molecular flexibility index (Phi) is 5.83. The van der Waals surface area contributed by atoms with Crippen LogP contribution >= 0.6 is 11.8 Å². The summed E-state index contributed by atoms with van der Waals surface area (Å²) in [4.78, 5) is 12.2. The molecule has 0 aliphatic carbocycles. The molecule has 0 aliphatic rings. The molecule has 1 atom stereocenters. The topological polar surface area (TPSA) is 38.3 Å². The SMILES string of the molecule is COc1ccccc1NC(=O)[C@H](C)SCc1ccc(F)cc1. The molecule has 0 spiro atoms. The number of para-hydroxylation sites is 2. The highest BCUT2D eigenvalue weighted by atomic mass is 32.2. The second-order valence-corrected chi connectivity index (χ2v) is 6.10. The van der Waals surface area contributed by atoms with Crippen LogP contribution in [0.4, 0.5) is 10.1 Å². The normalized spacial score (nSPS) is 11.8. The van der Waals surface area contributed by atoms with Gasteiger partial charge < -0.3 is 10.1 Å². The predicted octanol–water partition coefficient (Wildman–Crippen LogP) is 4.09. The van der Waals surface area contributed by atoms with Crippen molar-refractivity contribution in [3.63, 3.8) is 0 Å². The molecule has 0 aliphatic heterocycles. The van der Waals surface area contributed by atoms with Crippen molar-refractivity contribution in [2.45, 2.75) is 17.9 Å². The van der Waals surface area contributed by atoms with Crippen molar-refractivity contribution in [2.24, 2.45) is 0 Å². The second kappa shape index (κ2) is 7.84. The third-order valence-corrected chi connectivity index (χ3v) is 4.36. The van der Waals surface area contributed by atoms with Crippen molar-refractivity contribution in [3.8, 4) is 5.75 Å². The van der Waals surface area contributed by atoms with E-state index in [1.54, 1.807) is 31.4 Å². The third kappa shape index (κ3) is 4.49. The first kappa shape index (κ1) is 16.4. The predicted molar refractivity (Wildman–Crippen MR) is 88.8 cm³/mol. The molecule has 0 fully saturated rings. The lowest BCUT2D eigenvalue weighted by molar-refractivity contribution is -0.115. The minimum Gasteiger partial charge on any atom is -0.495 e. The van der Waals surface area contributed by atoms with Crippen LogP contribution in [-0.2, 0) is 10.5 Å². The Balaban J connectivity index is 1.90. The summed E-state index contributed by atoms with van der Waals surface area (Å²) in [5.41, 5.74) is 1.65. The molecule has 0 radical (unpaired) electrons. The number of nitrogens with one attached hydrogen (secondary N) is 1. The molecule has 0 bridgehead atoms. The van der Waals surface area contributed by atoms with Crippen LogP contribution in [0.1, 0.15) is 12.5 Å². The number of methoxy groups -OCH3 is 1. The summed E-state index contributed by atoms with van der Waals surface area (Å²) in [7, 11) is 1.57. The molecule has 5 heteroatoms. The van der Waals surface area contributed by atoms with E-state index in [0.717, 1.165) is 5.56 Å². The maximum Gasteiger partial charge on any atom is 0.237 e. The second-order valence-electron chi connectivity index (χ2n) is 4.77. The monoisotopic (exact) mass is 319 g/mol. The van der Waals surface area contributed by atoms with Crippen LogP contribution in [0.5, 0.6) is 5.75 Å². The van der Waals surface area contributed by atoms with E-state index in [4.69, 9.17) is 4.74 Å². The molecular formula is C17H18FNO2S. The third-order valence-electron chi connectivity index (χ3n) is 3.15. The molecule has 0 unspecified atom stereocenters. The Hall–Kier alpha value is -2.01. The van der Waals surface area contributed by atoms with Crippen LogP contribution in [0.15, 0.2) is 48.5 Å². The number of hydrogen-bond donors (Lipinski definition) is 1. The average Bonchev–Trinajstić information content (AvgIpc) is 2.54. The summed E-state index contributed by atoms with van der Waals surface area (Å²) in [6, 6.07) is 13.6. The minimum atomic E-state index is -0.254. The summed E-state index contributed by atoms with van der Waals surface area (Å²) >= 11 is 1.50. The van der Waals surface area contributed by atoms with Crippen LogP contribution in [0, 0.1) is 5.82 Å². The zero-order valence-electron chi connectivity index (χ0n) is 12.5. The number of thioether (sulfide) groups is 1. The van der Waals surface area contributed by atoms with Gasteiger partial charge in [-0.3, -0.25) is 4.79 Å². The summed E-state index contributed by atoms with van der Waals surface area (Å²) in [5, 5.41) is 2.63. The van der Waals surface area contributed by atoms with Gasteiger partial charge in [0.05, 0.1) is 18.0 Å². The number of amides is 1. The highest BCUT2D eigenvalue weighted by Gasteiger charge is 2.15. The highest BCUT2D eigenvalue weighted by molar-refractivity contribution is 7.99. The lowest BCUT2D eigenvalue weighted by Gasteiger charge is -2.14. The van der Waals surface area contributed by atoms with E-state index in [1.807, 2.05) is 19.1 Å². The van der Waals surface area contributed by atoms with E-state index in [0.29, 0.717) is 17.2 Å². The summed E-state index contributed by atoms with van der Waals surface area (Å²) < 4.78 is 18.1. The maximum atomic E-state index is 12.8. The van der Waals surface area contributed by atoms with Gasteiger partial charge in [-0.15, -0.1) is 11.8 Å². The van der Waals surface area contributed by atoms with Gasteiger partial charge in [0.1, 0.15) is 11.6 Å². The molecule has 2 aromatic rings. The standard InChI is InChI=1S/C17H18FNO2S/c1-12(22-11-13-7-9-14(18)10-8-13)17(20)19-15-5-3-4-6-16(15)21-2/h3-10,12H,11H2,1-2H3,(H,19,20)/t12-/m0/s1. The van der Waals surface area contributed by atoms with Crippen LogP contribution in [0.3, 0.4) is 0 Å². The smallest absolute Gasteiger partial charge is 0.237 e. The van der Waals surface area contributed by atoms with Gasteiger partial charge in [-0.25, -0.2) is 4.39 Å². The molecule has 116 valence electrons. The van der Waals surface area contributed by atoms with Gasteiger partial charge in [0.2, 0.25) is 5.91 Å². The number of ether oxygens (including phenoxy) is 1. The van der Waals surface area contributed by atoms with E-state index in [9.17, 15) is 9.18 Å². The minimum absolute atomic E-state index is 0.0865. The number of anilines is 1. The van der Waals surface area contributed by atoms with Crippen molar-refractivity contribution in [1.29, 1.82) is 0 Å². The molecule has 2 rings (SSSR count). The van der Waals surface area contributed by atoms with Gasteiger partial charge in [0.15, 0.2) is 0 Å². The Morgan fingerprint density at radius 3 is 2.59 bits per heavy atom. The fourth-order valence-electron chi connectivity index (χ4n) is 1.86. The van der Waals surface area contributed by atoms with Crippen LogP contribution in [0.25, 0.3) is 0 Å². The lowest BCUT2D eigenvalue weighted by atomic mass is 10.2. The number of carbonyl (C=O) groups excluding carboxylic acids is 1. The van der Waals surface area contributed by atoms with E-state index in [-0.39, 0.29) is 17.0 Å². The number of rotatable bonds is 6. The number of carbonyl (C=O) groups is 1. The van der Waals surface area contributed by atoms with Gasteiger partial charge in [-0.1, -0.05) is 24.3 Å². The molecule has 3 nitrogen and oxygen atoms in total. The zero-order valence-corrected chi connectivity index (χ0v) is 13.3. The van der Waals surface area contributed by atoms with Crippen molar-refractivity contribution in [2.75, 3.05) is 12.4 Å². The zero-order chi connectivity index (χ0) is 15.9. The molecular weight excluding hydrogens is 301 g/mol. The number of benzene rings is 2. The van der Waals surface area contributed by atoms with Crippen molar-refractivity contribution < 1.29 is 13.9 Å². The Labute approximate surface area is 133 Å². The van der Waals surface area contributed by atoms with Gasteiger partial charge in [0.25, 0.3) is 0 Å². The van der Waals surface area contributed by atoms with Crippen LogP contribution in [-0.4, -0.2) is 18.3 Å².